The topological polar surface area (TPSA) is 72.2 Å². The van der Waals surface area contributed by atoms with Gasteiger partial charge in [0.1, 0.15) is 0 Å². The Balaban J connectivity index is 2.40. The molecule has 0 spiro atoms. The highest BCUT2D eigenvalue weighted by molar-refractivity contribution is 9.10. The number of halogens is 1. The predicted octanol–water partition coefficient (Wildman–Crippen LogP) is 3.09. The summed E-state index contributed by atoms with van der Waals surface area (Å²) in [6, 6.07) is 11.5. The maximum absolute atomic E-state index is 12.9. The van der Waals surface area contributed by atoms with E-state index < -0.39 is 16.1 Å². The normalized spacial score (nSPS) is 13.4. The van der Waals surface area contributed by atoms with Crippen molar-refractivity contribution in [3.63, 3.8) is 0 Å². The fourth-order valence-electron chi connectivity index (χ4n) is 2.30. The van der Waals surface area contributed by atoms with Crippen LogP contribution in [0.5, 0.6) is 0 Å². The molecular formula is C15H13BrN2O3S. The molecule has 0 unspecified atom stereocenters. The molecule has 0 saturated heterocycles. The van der Waals surface area contributed by atoms with Gasteiger partial charge in [0.15, 0.2) is 5.65 Å². The number of nitrogens with zero attached hydrogens (tertiary/aromatic N) is 2. The molecule has 3 rings (SSSR count). The standard InChI is InChI=1S/C15H13BrN2O3S/c1-10(19)14-9-12-13(16)7-8-17-15(12)18(14)22(20,21)11-5-3-2-4-6-11/h2-10,19H,1H3/t10-/m1/s1. The van der Waals surface area contributed by atoms with Gasteiger partial charge >= 0.3 is 0 Å². The van der Waals surface area contributed by atoms with Crippen LogP contribution in [0, 0.1) is 0 Å². The van der Waals surface area contributed by atoms with Gasteiger partial charge in [-0.15, -0.1) is 0 Å². The minimum absolute atomic E-state index is 0.149. The van der Waals surface area contributed by atoms with Crippen molar-refractivity contribution in [2.45, 2.75) is 17.9 Å². The zero-order valence-electron chi connectivity index (χ0n) is 11.6. The maximum atomic E-state index is 12.9. The first-order valence-corrected chi connectivity index (χ1v) is 8.81. The van der Waals surface area contributed by atoms with Gasteiger partial charge < -0.3 is 5.11 Å². The second-order valence-corrected chi connectivity index (χ2v) is 7.50. The quantitative estimate of drug-likeness (QED) is 0.757. The second-order valence-electron chi connectivity index (χ2n) is 4.86. The summed E-state index contributed by atoms with van der Waals surface area (Å²) in [6.07, 6.45) is 0.578. The van der Waals surface area contributed by atoms with Gasteiger partial charge in [-0.25, -0.2) is 17.4 Å². The van der Waals surface area contributed by atoms with Gasteiger partial charge in [-0.05, 0) is 47.1 Å². The molecule has 0 saturated carbocycles. The van der Waals surface area contributed by atoms with Gasteiger partial charge in [0.25, 0.3) is 10.0 Å². The van der Waals surface area contributed by atoms with Gasteiger partial charge in [-0.2, -0.15) is 0 Å². The Labute approximate surface area is 136 Å². The SMILES string of the molecule is C[C@@H](O)c1cc2c(Br)ccnc2n1S(=O)(=O)c1ccccc1. The second kappa shape index (κ2) is 5.49. The van der Waals surface area contributed by atoms with Crippen LogP contribution in [-0.4, -0.2) is 22.5 Å². The van der Waals surface area contributed by atoms with E-state index in [0.717, 1.165) is 8.45 Å². The van der Waals surface area contributed by atoms with E-state index in [4.69, 9.17) is 0 Å². The molecule has 7 heteroatoms. The zero-order valence-corrected chi connectivity index (χ0v) is 14.0. The van der Waals surface area contributed by atoms with E-state index in [1.165, 1.54) is 25.3 Å². The number of aliphatic hydroxyl groups excluding tert-OH is 1. The van der Waals surface area contributed by atoms with Crippen molar-refractivity contribution >= 4 is 37.0 Å². The predicted molar refractivity (Wildman–Crippen MR) is 87.1 cm³/mol. The van der Waals surface area contributed by atoms with E-state index in [2.05, 4.69) is 20.9 Å². The number of pyridine rings is 1. The van der Waals surface area contributed by atoms with E-state index in [0.29, 0.717) is 5.39 Å². The van der Waals surface area contributed by atoms with Crippen LogP contribution in [-0.2, 0) is 10.0 Å². The Morgan fingerprint density at radius 1 is 1.23 bits per heavy atom. The molecule has 3 aromatic rings. The van der Waals surface area contributed by atoms with Gasteiger partial charge in [-0.3, -0.25) is 0 Å². The molecule has 0 amide bonds. The molecule has 1 atom stereocenters. The summed E-state index contributed by atoms with van der Waals surface area (Å²) < 4.78 is 27.7. The summed E-state index contributed by atoms with van der Waals surface area (Å²) in [5.74, 6) is 0. The van der Waals surface area contributed by atoms with Crippen molar-refractivity contribution in [1.29, 1.82) is 0 Å². The summed E-state index contributed by atoms with van der Waals surface area (Å²) >= 11 is 3.39. The number of hydrogen-bond donors (Lipinski definition) is 1. The Bertz CT molecular complexity index is 934. The fourth-order valence-corrected chi connectivity index (χ4v) is 4.28. The Kier molecular flexibility index (Phi) is 3.80. The van der Waals surface area contributed by atoms with Crippen molar-refractivity contribution in [1.82, 2.24) is 8.96 Å². The highest BCUT2D eigenvalue weighted by Crippen LogP contribution is 2.31. The van der Waals surface area contributed by atoms with Crippen molar-refractivity contribution in [2.24, 2.45) is 0 Å². The summed E-state index contributed by atoms with van der Waals surface area (Å²) in [4.78, 5) is 4.33. The first kappa shape index (κ1) is 15.2. The highest BCUT2D eigenvalue weighted by Gasteiger charge is 2.26. The Morgan fingerprint density at radius 3 is 2.55 bits per heavy atom. The Morgan fingerprint density at radius 2 is 1.91 bits per heavy atom. The van der Waals surface area contributed by atoms with E-state index in [1.807, 2.05) is 0 Å². The lowest BCUT2D eigenvalue weighted by atomic mass is 10.2. The van der Waals surface area contributed by atoms with E-state index in [-0.39, 0.29) is 16.2 Å². The van der Waals surface area contributed by atoms with Crippen molar-refractivity contribution < 1.29 is 13.5 Å². The maximum Gasteiger partial charge on any atom is 0.269 e. The zero-order chi connectivity index (χ0) is 15.9. The third kappa shape index (κ3) is 2.35. The first-order chi connectivity index (χ1) is 10.4. The molecule has 5 nitrogen and oxygen atoms in total. The smallest absolute Gasteiger partial charge is 0.269 e. The molecule has 0 aliphatic rings. The molecule has 0 radical (unpaired) electrons. The minimum Gasteiger partial charge on any atom is -0.387 e. The van der Waals surface area contributed by atoms with Crippen LogP contribution in [0.2, 0.25) is 0 Å². The number of rotatable bonds is 3. The third-order valence-corrected chi connectivity index (χ3v) is 5.77. The molecule has 114 valence electrons. The molecule has 2 aromatic heterocycles. The molecule has 1 N–H and O–H groups in total. The minimum atomic E-state index is -3.84. The molecule has 2 heterocycles. The summed E-state index contributed by atoms with van der Waals surface area (Å²) in [5, 5.41) is 10.6. The summed E-state index contributed by atoms with van der Waals surface area (Å²) in [7, 11) is -3.84. The lowest BCUT2D eigenvalue weighted by Gasteiger charge is -2.12. The lowest BCUT2D eigenvalue weighted by molar-refractivity contribution is 0.193. The number of hydrogen-bond acceptors (Lipinski definition) is 4. The van der Waals surface area contributed by atoms with Gasteiger partial charge in [0.2, 0.25) is 0 Å². The molecular weight excluding hydrogens is 368 g/mol. The average molecular weight is 381 g/mol. The number of benzene rings is 1. The van der Waals surface area contributed by atoms with Crippen LogP contribution in [0.25, 0.3) is 11.0 Å². The van der Waals surface area contributed by atoms with E-state index in [1.54, 1.807) is 30.3 Å². The van der Waals surface area contributed by atoms with Gasteiger partial charge in [0, 0.05) is 16.1 Å². The van der Waals surface area contributed by atoms with Crippen LogP contribution in [0.3, 0.4) is 0 Å². The van der Waals surface area contributed by atoms with Gasteiger partial charge in [0.05, 0.1) is 16.7 Å². The first-order valence-electron chi connectivity index (χ1n) is 6.57. The summed E-state index contributed by atoms with van der Waals surface area (Å²) in [5.41, 5.74) is 0.562. The van der Waals surface area contributed by atoms with Crippen LogP contribution < -0.4 is 0 Å². The van der Waals surface area contributed by atoms with E-state index in [9.17, 15) is 13.5 Å². The van der Waals surface area contributed by atoms with Crippen LogP contribution in [0.1, 0.15) is 18.7 Å². The molecule has 0 aliphatic carbocycles. The van der Waals surface area contributed by atoms with Crippen LogP contribution in [0.4, 0.5) is 0 Å². The van der Waals surface area contributed by atoms with Crippen molar-refractivity contribution in [2.75, 3.05) is 0 Å². The van der Waals surface area contributed by atoms with Crippen LogP contribution >= 0.6 is 15.9 Å². The lowest BCUT2D eigenvalue weighted by Crippen LogP contribution is -2.17. The largest absolute Gasteiger partial charge is 0.387 e. The number of aromatic nitrogens is 2. The molecule has 0 bridgehead atoms. The highest BCUT2D eigenvalue weighted by atomic mass is 79.9. The third-order valence-electron chi connectivity index (χ3n) is 3.34. The van der Waals surface area contributed by atoms with E-state index >= 15 is 0 Å². The van der Waals surface area contributed by atoms with Gasteiger partial charge in [-0.1, -0.05) is 18.2 Å². The molecule has 1 aromatic carbocycles. The Hall–Kier alpha value is -1.70. The van der Waals surface area contributed by atoms with Crippen molar-refractivity contribution in [3.8, 4) is 0 Å². The van der Waals surface area contributed by atoms with Crippen molar-refractivity contribution in [3.05, 3.63) is 58.8 Å². The fraction of sp³-hybridized carbons (Fsp3) is 0.133. The monoisotopic (exact) mass is 380 g/mol. The molecule has 0 fully saturated rings. The summed E-state index contributed by atoms with van der Waals surface area (Å²) in [6.45, 7) is 1.53. The van der Waals surface area contributed by atoms with Crippen LogP contribution in [0.15, 0.2) is 58.0 Å². The number of aliphatic hydroxyl groups is 1. The molecule has 0 aliphatic heterocycles. The molecule has 22 heavy (non-hydrogen) atoms. The number of fused-ring (bicyclic) bond motifs is 1. The average Bonchev–Trinajstić information content (AvgIpc) is 2.90.